The third kappa shape index (κ3) is 5.43. The van der Waals surface area contributed by atoms with Crippen LogP contribution in [0.1, 0.15) is 46.5 Å². The van der Waals surface area contributed by atoms with Crippen LogP contribution in [0.15, 0.2) is 18.6 Å². The minimum absolute atomic E-state index is 0.0130. The summed E-state index contributed by atoms with van der Waals surface area (Å²) in [7, 11) is 0. The summed E-state index contributed by atoms with van der Waals surface area (Å²) >= 11 is 0. The topological polar surface area (TPSA) is 98.3 Å². The Hall–Kier alpha value is -3.22. The van der Waals surface area contributed by atoms with Crippen LogP contribution in [0.4, 0.5) is 16.0 Å². The van der Waals surface area contributed by atoms with E-state index in [9.17, 15) is 9.18 Å². The van der Waals surface area contributed by atoms with Gasteiger partial charge in [-0.05, 0) is 31.6 Å². The Morgan fingerprint density at radius 1 is 1.37 bits per heavy atom. The summed E-state index contributed by atoms with van der Waals surface area (Å²) < 4.78 is 21.3. The molecule has 1 aliphatic carbocycles. The molecule has 0 saturated heterocycles. The zero-order chi connectivity index (χ0) is 21.7. The first-order chi connectivity index (χ1) is 14.3. The smallest absolute Gasteiger partial charge is 0.319 e. The molecule has 0 radical (unpaired) electrons. The number of halogens is 1. The Kier molecular flexibility index (Phi) is 6.50. The number of amides is 1. The number of carbonyl (C=O) groups excluding carboxylic acids is 1. The second-order valence-electron chi connectivity index (χ2n) is 7.98. The van der Waals surface area contributed by atoms with Gasteiger partial charge in [0.05, 0.1) is 30.9 Å². The van der Waals surface area contributed by atoms with E-state index >= 15 is 0 Å². The zero-order valence-electron chi connectivity index (χ0n) is 17.4. The lowest BCUT2D eigenvalue weighted by molar-refractivity contribution is -0.119. The Morgan fingerprint density at radius 2 is 2.10 bits per heavy atom. The minimum atomic E-state index is -0.809. The molecule has 3 rings (SSSR count). The Bertz CT molecular complexity index is 929. The molecular weight excluding hydrogens is 389 g/mol. The van der Waals surface area contributed by atoms with Crippen LogP contribution in [0.2, 0.25) is 0 Å². The van der Waals surface area contributed by atoms with Crippen LogP contribution in [-0.2, 0) is 10.5 Å². The number of nitrogens with one attached hydrogen (secondary N) is 2. The van der Waals surface area contributed by atoms with Crippen molar-refractivity contribution in [2.75, 3.05) is 11.9 Å². The summed E-state index contributed by atoms with van der Waals surface area (Å²) in [5, 5.41) is 10.1. The van der Waals surface area contributed by atoms with Crippen LogP contribution >= 0.6 is 0 Å². The molecule has 1 amide bonds. The maximum Gasteiger partial charge on any atom is 0.319 e. The Morgan fingerprint density at radius 3 is 2.77 bits per heavy atom. The van der Waals surface area contributed by atoms with Gasteiger partial charge in [0.15, 0.2) is 0 Å². The number of rotatable bonds is 7. The normalized spacial score (nSPS) is 19.0. The summed E-state index contributed by atoms with van der Waals surface area (Å²) in [6.45, 7) is 12.6. The molecule has 160 valence electrons. The number of aromatic nitrogens is 4. The molecule has 0 aromatic carbocycles. The van der Waals surface area contributed by atoms with Gasteiger partial charge in [0.2, 0.25) is 17.7 Å². The van der Waals surface area contributed by atoms with Crippen LogP contribution in [-0.4, -0.2) is 38.3 Å². The van der Waals surface area contributed by atoms with Crippen molar-refractivity contribution in [3.63, 3.8) is 0 Å². The molecule has 1 aliphatic rings. The van der Waals surface area contributed by atoms with Crippen molar-refractivity contribution in [3.8, 4) is 5.88 Å². The van der Waals surface area contributed by atoms with E-state index in [0.717, 1.165) is 31.9 Å². The molecule has 0 aliphatic heterocycles. The maximum absolute atomic E-state index is 14.1. The quantitative estimate of drug-likeness (QED) is 0.674. The molecule has 2 aromatic heterocycles. The molecule has 0 atom stereocenters. The van der Waals surface area contributed by atoms with Crippen LogP contribution in [0.25, 0.3) is 4.85 Å². The fourth-order valence-electron chi connectivity index (χ4n) is 3.34. The second kappa shape index (κ2) is 9.07. The predicted molar refractivity (Wildman–Crippen MR) is 108 cm³/mol. The lowest BCUT2D eigenvalue weighted by Crippen LogP contribution is -2.37. The van der Waals surface area contributed by atoms with Crippen molar-refractivity contribution in [3.05, 3.63) is 35.8 Å². The van der Waals surface area contributed by atoms with E-state index in [-0.39, 0.29) is 29.7 Å². The van der Waals surface area contributed by atoms with Crippen molar-refractivity contribution < 1.29 is 13.9 Å². The van der Waals surface area contributed by atoms with E-state index in [1.807, 2.05) is 0 Å². The highest BCUT2D eigenvalue weighted by atomic mass is 19.1. The molecule has 1 fully saturated rings. The lowest BCUT2D eigenvalue weighted by Gasteiger charge is -2.28. The molecule has 1 saturated carbocycles. The first-order valence-corrected chi connectivity index (χ1v) is 9.90. The Balaban J connectivity index is 1.57. The van der Waals surface area contributed by atoms with Crippen LogP contribution in [0.3, 0.4) is 0 Å². The highest BCUT2D eigenvalue weighted by molar-refractivity contribution is 5.73. The molecule has 0 bridgehead atoms. The van der Waals surface area contributed by atoms with Gasteiger partial charge in [-0.3, -0.25) is 9.64 Å². The summed E-state index contributed by atoms with van der Waals surface area (Å²) in [6, 6.07) is 0.207. The number of nitrogens with zero attached hydrogens (tertiary/aromatic N) is 5. The summed E-state index contributed by atoms with van der Waals surface area (Å²) in [5.41, 5.74) is -0.225. The average molecular weight is 415 g/mol. The molecule has 10 heteroatoms. The SMILES string of the molecule is [C-]#[N+]C(C)(C)n1cc(Nc2ncc(F)c(OCC3CCC(NC(C)=O)CC3)n2)cn1. The average Bonchev–Trinajstić information content (AvgIpc) is 3.18. The summed E-state index contributed by atoms with van der Waals surface area (Å²) in [6.07, 6.45) is 7.85. The van der Waals surface area contributed by atoms with Crippen LogP contribution in [0.5, 0.6) is 5.88 Å². The van der Waals surface area contributed by atoms with Gasteiger partial charge < -0.3 is 15.4 Å². The Labute approximate surface area is 174 Å². The summed E-state index contributed by atoms with van der Waals surface area (Å²) in [5.74, 6) is -0.278. The number of carbonyl (C=O) groups is 1. The molecule has 0 unspecified atom stereocenters. The van der Waals surface area contributed by atoms with Gasteiger partial charge in [-0.25, -0.2) is 11.6 Å². The number of hydrogen-bond donors (Lipinski definition) is 2. The van der Waals surface area contributed by atoms with Crippen molar-refractivity contribution >= 4 is 17.5 Å². The predicted octanol–water partition coefficient (Wildman–Crippen LogP) is 3.24. The monoisotopic (exact) mass is 415 g/mol. The molecule has 9 nitrogen and oxygen atoms in total. The van der Waals surface area contributed by atoms with Crippen LogP contribution < -0.4 is 15.4 Å². The molecule has 2 heterocycles. The largest absolute Gasteiger partial charge is 0.475 e. The van der Waals surface area contributed by atoms with E-state index in [1.165, 1.54) is 11.6 Å². The standard InChI is InChI=1S/C20H26FN7O2/c1-13(29)25-15-7-5-14(6-8-15)12-30-18-17(21)10-23-19(27-18)26-16-9-24-28(11-16)20(2,3)22-4/h9-11,14-15H,5-8,12H2,1-3H3,(H,25,29)(H,23,26,27). The fraction of sp³-hybridized carbons (Fsp3) is 0.550. The van der Waals surface area contributed by atoms with Gasteiger partial charge in [0, 0.05) is 26.8 Å². The van der Waals surface area contributed by atoms with Crippen molar-refractivity contribution in [2.45, 2.75) is 58.2 Å². The van der Waals surface area contributed by atoms with Gasteiger partial charge >= 0.3 is 5.66 Å². The molecule has 0 spiro atoms. The minimum Gasteiger partial charge on any atom is -0.475 e. The van der Waals surface area contributed by atoms with Crippen LogP contribution in [0, 0.1) is 18.3 Å². The molecule has 30 heavy (non-hydrogen) atoms. The third-order valence-electron chi connectivity index (χ3n) is 5.09. The van der Waals surface area contributed by atoms with Crippen molar-refractivity contribution in [2.24, 2.45) is 5.92 Å². The van der Waals surface area contributed by atoms with E-state index in [1.54, 1.807) is 26.2 Å². The molecule has 2 N–H and O–H groups in total. The van der Waals surface area contributed by atoms with Crippen molar-refractivity contribution in [1.29, 1.82) is 0 Å². The number of ether oxygens (including phenoxy) is 1. The highest BCUT2D eigenvalue weighted by Crippen LogP contribution is 2.26. The van der Waals surface area contributed by atoms with Gasteiger partial charge in [0.25, 0.3) is 5.88 Å². The number of anilines is 2. The van der Waals surface area contributed by atoms with E-state index < -0.39 is 11.5 Å². The first-order valence-electron chi connectivity index (χ1n) is 9.90. The van der Waals surface area contributed by atoms with Gasteiger partial charge in [0.1, 0.15) is 0 Å². The number of hydrogen-bond acceptors (Lipinski definition) is 6. The molecule has 2 aromatic rings. The van der Waals surface area contributed by atoms with Gasteiger partial charge in [-0.1, -0.05) is 0 Å². The first kappa shape index (κ1) is 21.5. The lowest BCUT2D eigenvalue weighted by atomic mass is 9.86. The third-order valence-corrected chi connectivity index (χ3v) is 5.09. The second-order valence-corrected chi connectivity index (χ2v) is 7.98. The highest BCUT2D eigenvalue weighted by Gasteiger charge is 2.26. The molecular formula is C20H26FN7O2. The van der Waals surface area contributed by atoms with E-state index in [4.69, 9.17) is 11.3 Å². The van der Waals surface area contributed by atoms with Gasteiger partial charge in [-0.15, -0.1) is 0 Å². The van der Waals surface area contributed by atoms with Crippen molar-refractivity contribution in [1.82, 2.24) is 25.1 Å². The maximum atomic E-state index is 14.1. The summed E-state index contributed by atoms with van der Waals surface area (Å²) in [4.78, 5) is 22.7. The zero-order valence-corrected chi connectivity index (χ0v) is 17.4. The van der Waals surface area contributed by atoms with Gasteiger partial charge in [-0.2, -0.15) is 19.2 Å². The van der Waals surface area contributed by atoms with E-state index in [2.05, 4.69) is 30.5 Å². The van der Waals surface area contributed by atoms with E-state index in [0.29, 0.717) is 12.3 Å². The fourth-order valence-corrected chi connectivity index (χ4v) is 3.34.